The van der Waals surface area contributed by atoms with Crippen molar-refractivity contribution in [3.63, 3.8) is 0 Å². The fraction of sp³-hybridized carbons (Fsp3) is 0.905. The van der Waals surface area contributed by atoms with Gasteiger partial charge in [0.25, 0.3) is 0 Å². The van der Waals surface area contributed by atoms with Gasteiger partial charge < -0.3 is 52.5 Å². The van der Waals surface area contributed by atoms with Crippen molar-refractivity contribution in [1.82, 2.24) is 0 Å². The molecule has 0 saturated carbocycles. The van der Waals surface area contributed by atoms with Crippen molar-refractivity contribution >= 4 is 41.8 Å². The second kappa shape index (κ2) is 56.3. The van der Waals surface area contributed by atoms with E-state index in [-0.39, 0.29) is 38.5 Å². The van der Waals surface area contributed by atoms with Crippen LogP contribution in [0.5, 0.6) is 0 Å². The number of ether oxygens (including phenoxy) is 10. The number of rotatable bonds is 59. The van der Waals surface area contributed by atoms with Gasteiger partial charge in [-0.25, -0.2) is 0 Å². The highest BCUT2D eigenvalue weighted by molar-refractivity contribution is 5.72. The summed E-state index contributed by atoms with van der Waals surface area (Å²) < 4.78 is 63.0. The minimum Gasteiger partial charge on any atom is -0.463 e. The van der Waals surface area contributed by atoms with Crippen LogP contribution < -0.4 is 0 Å². The van der Waals surface area contributed by atoms with Crippen molar-refractivity contribution in [3.8, 4) is 0 Å². The minimum atomic E-state index is -1.92. The zero-order chi connectivity index (χ0) is 67.2. The first-order valence-electron chi connectivity index (χ1n) is 37.6. The Balaban J connectivity index is 2.86. The summed E-state index contributed by atoms with van der Waals surface area (Å²) >= 11 is 0. The van der Waals surface area contributed by atoms with Crippen LogP contribution in [0.3, 0.4) is 0 Å². The molecule has 2 aliphatic heterocycles. The number of esters is 7. The highest BCUT2D eigenvalue weighted by Gasteiger charge is 2.58. The monoisotopic (exact) mass is 1310 g/mol. The van der Waals surface area contributed by atoms with Crippen molar-refractivity contribution in [1.29, 1.82) is 0 Å². The standard InChI is InChI=1S/C74H132O18/c1-8-14-20-26-32-38-44-50-61(76)83-56-59-68(69(88-63(78)52-46-40-34-28-22-16-10-3)71(73(82)86-59)90-65(80)54-48-42-36-30-24-18-12-5)92-74-72(91-66(81)55-49-43-37-31-25-19-13-6)70(89-64(79)53-47-41-35-29-23-17-11-4)67(85-58(7)75)60(87-74)57-84-62(77)51-45-39-33-27-21-15-9-2/h59-60,67-74,82H,8-57H2,1-7H3/t59-,60-,67-,68-,69+,70+,71-,72-,73-,74+/m1/s1. The molecule has 2 heterocycles. The lowest BCUT2D eigenvalue weighted by Gasteiger charge is -2.48. The van der Waals surface area contributed by atoms with Gasteiger partial charge >= 0.3 is 41.8 Å². The Morgan fingerprint density at radius 1 is 0.283 bits per heavy atom. The maximum absolute atomic E-state index is 14.4. The topological polar surface area (TPSA) is 232 Å². The van der Waals surface area contributed by atoms with E-state index < -0.39 is 116 Å². The molecule has 10 atom stereocenters. The van der Waals surface area contributed by atoms with Crippen LogP contribution in [0.15, 0.2) is 0 Å². The van der Waals surface area contributed by atoms with E-state index in [2.05, 4.69) is 41.5 Å². The average molecular weight is 1310 g/mol. The van der Waals surface area contributed by atoms with Gasteiger partial charge in [-0.05, 0) is 38.5 Å². The Morgan fingerprint density at radius 3 is 0.837 bits per heavy atom. The summed E-state index contributed by atoms with van der Waals surface area (Å²) in [7, 11) is 0. The lowest BCUT2D eigenvalue weighted by Crippen LogP contribution is -2.67. The van der Waals surface area contributed by atoms with E-state index in [4.69, 9.17) is 47.4 Å². The Morgan fingerprint density at radius 2 is 0.533 bits per heavy atom. The van der Waals surface area contributed by atoms with E-state index in [1.165, 1.54) is 6.92 Å². The number of carbonyl (C=O) groups is 7. The third kappa shape index (κ3) is 40.5. The SMILES string of the molecule is CCCCCCCCCC(=O)OC[C@H]1O[C@@H](O)[C@H](OC(=O)CCCCCCCCC)[C@@H](OC(=O)CCCCCCCCC)[C@@H]1O[C@@H]1O[C@H](COC(=O)CCCCCCCCC)[C@@H](OC(C)=O)[C@H](OC(=O)CCCCCCCCC)[C@H]1OC(=O)CCCCCCCCC. The fourth-order valence-electron chi connectivity index (χ4n) is 12.0. The van der Waals surface area contributed by atoms with Crippen molar-refractivity contribution in [2.24, 2.45) is 0 Å². The lowest BCUT2D eigenvalue weighted by molar-refractivity contribution is -0.357. The van der Waals surface area contributed by atoms with Crippen LogP contribution in [0.1, 0.15) is 357 Å². The minimum absolute atomic E-state index is 0.00777. The number of aliphatic hydroxyl groups is 1. The van der Waals surface area contributed by atoms with E-state index in [0.29, 0.717) is 38.5 Å². The van der Waals surface area contributed by atoms with Crippen molar-refractivity contribution in [3.05, 3.63) is 0 Å². The summed E-state index contributed by atoms with van der Waals surface area (Å²) in [6, 6.07) is 0. The highest BCUT2D eigenvalue weighted by atomic mass is 16.8. The van der Waals surface area contributed by atoms with E-state index in [9.17, 15) is 38.7 Å². The predicted octanol–water partition coefficient (Wildman–Crippen LogP) is 17.3. The molecule has 2 saturated heterocycles. The normalized spacial score (nSPS) is 21.3. The Labute approximate surface area is 556 Å². The summed E-state index contributed by atoms with van der Waals surface area (Å²) in [6.45, 7) is 13.0. The highest BCUT2D eigenvalue weighted by Crippen LogP contribution is 2.36. The van der Waals surface area contributed by atoms with Gasteiger partial charge in [0.15, 0.2) is 43.1 Å². The molecule has 18 nitrogen and oxygen atoms in total. The zero-order valence-electron chi connectivity index (χ0n) is 59.0. The first-order valence-corrected chi connectivity index (χ1v) is 37.6. The van der Waals surface area contributed by atoms with Crippen molar-refractivity contribution in [2.45, 2.75) is 418 Å². The summed E-state index contributed by atoms with van der Waals surface area (Å²) in [5.74, 6) is -4.62. The number of hydrogen-bond donors (Lipinski definition) is 1. The van der Waals surface area contributed by atoms with Gasteiger partial charge in [0.05, 0.1) is 0 Å². The van der Waals surface area contributed by atoms with Gasteiger partial charge in [0.2, 0.25) is 0 Å². The molecule has 1 N–H and O–H groups in total. The molecule has 0 amide bonds. The smallest absolute Gasteiger partial charge is 0.306 e. The summed E-state index contributed by atoms with van der Waals surface area (Å²) in [4.78, 5) is 97.4. The molecule has 0 unspecified atom stereocenters. The number of hydrogen-bond acceptors (Lipinski definition) is 18. The van der Waals surface area contributed by atoms with Crippen LogP contribution in [0.2, 0.25) is 0 Å². The molecule has 2 aliphatic rings. The molecule has 92 heavy (non-hydrogen) atoms. The van der Waals surface area contributed by atoms with Crippen molar-refractivity contribution in [2.75, 3.05) is 13.2 Å². The van der Waals surface area contributed by atoms with Gasteiger partial charge in [-0.15, -0.1) is 0 Å². The molecule has 0 aromatic rings. The number of aliphatic hydroxyl groups excluding tert-OH is 1. The molecule has 536 valence electrons. The van der Waals surface area contributed by atoms with Crippen LogP contribution in [-0.4, -0.2) is 122 Å². The summed E-state index contributed by atoms with van der Waals surface area (Å²) in [5, 5.41) is 12.0. The molecule has 2 rings (SSSR count). The fourth-order valence-corrected chi connectivity index (χ4v) is 12.0. The molecule has 0 bridgehead atoms. The van der Waals surface area contributed by atoms with Crippen molar-refractivity contribution < 1.29 is 86.0 Å². The van der Waals surface area contributed by atoms with E-state index in [0.717, 1.165) is 231 Å². The van der Waals surface area contributed by atoms with Crippen LogP contribution >= 0.6 is 0 Å². The molecule has 0 aliphatic carbocycles. The zero-order valence-corrected chi connectivity index (χ0v) is 59.0. The summed E-state index contributed by atoms with van der Waals surface area (Å²) in [6.07, 6.45) is 23.1. The molecule has 0 aromatic heterocycles. The molecule has 18 heteroatoms. The van der Waals surface area contributed by atoms with Crippen LogP contribution in [-0.2, 0) is 80.9 Å². The maximum Gasteiger partial charge on any atom is 0.306 e. The Bertz CT molecular complexity index is 1900. The van der Waals surface area contributed by atoms with Gasteiger partial charge in [-0.3, -0.25) is 33.6 Å². The average Bonchev–Trinajstić information content (AvgIpc) is 0.815. The quantitative estimate of drug-likeness (QED) is 0.0339. The second-order valence-corrected chi connectivity index (χ2v) is 26.2. The lowest BCUT2D eigenvalue weighted by atomic mass is 9.95. The molecule has 0 spiro atoms. The molecule has 2 fully saturated rings. The van der Waals surface area contributed by atoms with Crippen LogP contribution in [0.4, 0.5) is 0 Å². The van der Waals surface area contributed by atoms with Gasteiger partial charge in [-0.2, -0.15) is 0 Å². The third-order valence-corrected chi connectivity index (χ3v) is 17.6. The van der Waals surface area contributed by atoms with E-state index in [1.54, 1.807) is 0 Å². The van der Waals surface area contributed by atoms with Crippen LogP contribution in [0.25, 0.3) is 0 Å². The number of unbranched alkanes of at least 4 members (excludes halogenated alkanes) is 36. The molecule has 0 radical (unpaired) electrons. The summed E-state index contributed by atoms with van der Waals surface area (Å²) in [5.41, 5.74) is 0. The third-order valence-electron chi connectivity index (χ3n) is 17.6. The van der Waals surface area contributed by atoms with E-state index >= 15 is 0 Å². The van der Waals surface area contributed by atoms with Gasteiger partial charge in [0, 0.05) is 45.4 Å². The largest absolute Gasteiger partial charge is 0.463 e. The molecular weight excluding hydrogens is 1180 g/mol. The van der Waals surface area contributed by atoms with E-state index in [1.807, 2.05) is 0 Å². The predicted molar refractivity (Wildman–Crippen MR) is 357 cm³/mol. The number of carbonyl (C=O) groups excluding carboxylic acids is 7. The Kier molecular flexibility index (Phi) is 51.6. The molecular formula is C74H132O18. The maximum atomic E-state index is 14.4. The van der Waals surface area contributed by atoms with Gasteiger partial charge in [-0.1, -0.05) is 273 Å². The van der Waals surface area contributed by atoms with Crippen LogP contribution in [0, 0.1) is 0 Å². The Hall–Kier alpha value is -3.87. The van der Waals surface area contributed by atoms with Gasteiger partial charge in [0.1, 0.15) is 31.5 Å². The second-order valence-electron chi connectivity index (χ2n) is 26.2. The molecule has 0 aromatic carbocycles. The first kappa shape index (κ1) is 84.2. The first-order chi connectivity index (χ1) is 44.7.